The summed E-state index contributed by atoms with van der Waals surface area (Å²) >= 11 is 6.95. The molecule has 0 aliphatic heterocycles. The Hall–Kier alpha value is -2.19. The lowest BCUT2D eigenvalue weighted by atomic mass is 10.2. The van der Waals surface area contributed by atoms with Crippen LogP contribution >= 0.6 is 31.9 Å². The fourth-order valence-corrected chi connectivity index (χ4v) is 3.92. The Labute approximate surface area is 192 Å². The largest absolute Gasteiger partial charge is 0.490 e. The number of ether oxygens (including phenoxy) is 2. The highest BCUT2D eigenvalue weighted by Crippen LogP contribution is 2.36. The Bertz CT molecular complexity index is 1160. The van der Waals surface area contributed by atoms with Crippen molar-refractivity contribution < 1.29 is 9.47 Å². The van der Waals surface area contributed by atoms with Crippen LogP contribution in [0.4, 0.5) is 0 Å². The van der Waals surface area contributed by atoms with Gasteiger partial charge >= 0.3 is 0 Å². The summed E-state index contributed by atoms with van der Waals surface area (Å²) in [5.41, 5.74) is 1.21. The van der Waals surface area contributed by atoms with Crippen LogP contribution in [-0.4, -0.2) is 29.1 Å². The summed E-state index contributed by atoms with van der Waals surface area (Å²) < 4.78 is 14.3. The van der Waals surface area contributed by atoms with Gasteiger partial charge in [0, 0.05) is 10.4 Å². The Morgan fingerprint density at radius 3 is 2.53 bits per heavy atom. The van der Waals surface area contributed by atoms with Crippen molar-refractivity contribution in [1.82, 2.24) is 9.66 Å². The van der Waals surface area contributed by atoms with Gasteiger partial charge in [-0.1, -0.05) is 29.8 Å². The summed E-state index contributed by atoms with van der Waals surface area (Å²) in [7, 11) is 0. The quantitative estimate of drug-likeness (QED) is 0.362. The molecule has 3 rings (SSSR count). The van der Waals surface area contributed by atoms with Crippen molar-refractivity contribution in [2.75, 3.05) is 13.2 Å². The minimum atomic E-state index is -0.212. The van der Waals surface area contributed by atoms with Crippen LogP contribution in [0.25, 0.3) is 10.9 Å². The monoisotopic (exact) mass is 535 g/mol. The molecular formula is C22H23Br2N3O3. The van der Waals surface area contributed by atoms with Crippen molar-refractivity contribution in [2.24, 2.45) is 5.10 Å². The molecule has 0 N–H and O–H groups in total. The molecule has 3 aromatic rings. The second-order valence-electron chi connectivity index (χ2n) is 6.84. The maximum atomic E-state index is 13.1. The first-order valence-electron chi connectivity index (χ1n) is 9.71. The SMILES string of the molecule is CCOc1cc(C=Nn2c(C(C)C)nc3ccc(Br)cc3c2=O)cc(Br)c1OCC. The maximum absolute atomic E-state index is 13.1. The first kappa shape index (κ1) is 22.5. The second kappa shape index (κ2) is 9.75. The highest BCUT2D eigenvalue weighted by atomic mass is 79.9. The smallest absolute Gasteiger partial charge is 0.282 e. The van der Waals surface area contributed by atoms with E-state index in [0.29, 0.717) is 41.4 Å². The number of fused-ring (bicyclic) bond motifs is 1. The van der Waals surface area contributed by atoms with Gasteiger partial charge in [-0.05, 0) is 65.7 Å². The molecular weight excluding hydrogens is 514 g/mol. The highest BCUT2D eigenvalue weighted by molar-refractivity contribution is 9.10. The summed E-state index contributed by atoms with van der Waals surface area (Å²) in [6.45, 7) is 8.84. The standard InChI is InChI=1S/C22H23Br2N3O3/c1-5-29-19-10-14(9-17(24)20(19)30-6-2)12-25-27-21(13(3)4)26-18-8-7-15(23)11-16(18)22(27)28/h7-13H,5-6H2,1-4H3. The topological polar surface area (TPSA) is 65.7 Å². The van der Waals surface area contributed by atoms with E-state index in [9.17, 15) is 4.79 Å². The Morgan fingerprint density at radius 1 is 1.13 bits per heavy atom. The summed E-state index contributed by atoms with van der Waals surface area (Å²) in [5, 5.41) is 4.99. The van der Waals surface area contributed by atoms with Crippen molar-refractivity contribution in [1.29, 1.82) is 0 Å². The molecule has 0 aliphatic carbocycles. The van der Waals surface area contributed by atoms with E-state index in [-0.39, 0.29) is 11.5 Å². The van der Waals surface area contributed by atoms with E-state index in [4.69, 9.17) is 9.47 Å². The lowest BCUT2D eigenvalue weighted by Crippen LogP contribution is -2.23. The molecule has 0 aliphatic rings. The summed E-state index contributed by atoms with van der Waals surface area (Å²) in [6, 6.07) is 9.19. The minimum Gasteiger partial charge on any atom is -0.490 e. The van der Waals surface area contributed by atoms with Crippen LogP contribution in [0.2, 0.25) is 0 Å². The first-order valence-corrected chi connectivity index (χ1v) is 11.3. The second-order valence-corrected chi connectivity index (χ2v) is 8.61. The molecule has 0 radical (unpaired) electrons. The van der Waals surface area contributed by atoms with Gasteiger partial charge in [-0.25, -0.2) is 4.98 Å². The van der Waals surface area contributed by atoms with Crippen molar-refractivity contribution in [2.45, 2.75) is 33.6 Å². The number of hydrogen-bond acceptors (Lipinski definition) is 5. The number of halogens is 2. The number of hydrogen-bond donors (Lipinski definition) is 0. The molecule has 0 atom stereocenters. The summed E-state index contributed by atoms with van der Waals surface area (Å²) in [4.78, 5) is 17.8. The number of aromatic nitrogens is 2. The van der Waals surface area contributed by atoms with Gasteiger partial charge in [0.25, 0.3) is 5.56 Å². The molecule has 1 aromatic heterocycles. The molecule has 0 fully saturated rings. The van der Waals surface area contributed by atoms with Gasteiger partial charge in [0.15, 0.2) is 11.5 Å². The fourth-order valence-electron chi connectivity index (χ4n) is 2.99. The zero-order chi connectivity index (χ0) is 21.8. The normalized spacial score (nSPS) is 11.6. The van der Waals surface area contributed by atoms with Crippen LogP contribution in [0.1, 0.15) is 45.0 Å². The zero-order valence-electron chi connectivity index (χ0n) is 17.3. The summed E-state index contributed by atoms with van der Waals surface area (Å²) in [6.07, 6.45) is 1.63. The van der Waals surface area contributed by atoms with Gasteiger partial charge in [-0.3, -0.25) is 4.79 Å². The van der Waals surface area contributed by atoms with Crippen LogP contribution in [0, 0.1) is 0 Å². The van der Waals surface area contributed by atoms with Crippen LogP contribution in [-0.2, 0) is 0 Å². The zero-order valence-corrected chi connectivity index (χ0v) is 20.4. The Morgan fingerprint density at radius 2 is 1.87 bits per heavy atom. The van der Waals surface area contributed by atoms with Gasteiger partial charge in [0.1, 0.15) is 5.82 Å². The van der Waals surface area contributed by atoms with Gasteiger partial charge in [0.05, 0.1) is 34.8 Å². The highest BCUT2D eigenvalue weighted by Gasteiger charge is 2.15. The molecule has 2 aromatic carbocycles. The molecule has 30 heavy (non-hydrogen) atoms. The third kappa shape index (κ3) is 4.75. The summed E-state index contributed by atoms with van der Waals surface area (Å²) in [5.74, 6) is 1.89. The fraction of sp³-hybridized carbons (Fsp3) is 0.318. The predicted molar refractivity (Wildman–Crippen MR) is 127 cm³/mol. The molecule has 0 amide bonds. The van der Waals surface area contributed by atoms with E-state index in [1.54, 1.807) is 12.3 Å². The van der Waals surface area contributed by atoms with E-state index in [2.05, 4.69) is 41.9 Å². The average molecular weight is 537 g/mol. The van der Waals surface area contributed by atoms with E-state index < -0.39 is 0 Å². The minimum absolute atomic E-state index is 0.0222. The first-order chi connectivity index (χ1) is 14.3. The molecule has 1 heterocycles. The number of nitrogens with zero attached hydrogens (tertiary/aromatic N) is 3. The van der Waals surface area contributed by atoms with Gasteiger partial charge < -0.3 is 9.47 Å². The van der Waals surface area contributed by atoms with E-state index in [1.165, 1.54) is 4.68 Å². The van der Waals surface area contributed by atoms with Crippen LogP contribution in [0.3, 0.4) is 0 Å². The Balaban J connectivity index is 2.12. The molecule has 0 bridgehead atoms. The molecule has 0 saturated heterocycles. The van der Waals surface area contributed by atoms with Crippen molar-refractivity contribution in [3.63, 3.8) is 0 Å². The predicted octanol–water partition coefficient (Wildman–Crippen LogP) is 5.72. The average Bonchev–Trinajstić information content (AvgIpc) is 2.70. The van der Waals surface area contributed by atoms with Crippen LogP contribution in [0.15, 0.2) is 49.2 Å². The third-order valence-electron chi connectivity index (χ3n) is 4.29. The van der Waals surface area contributed by atoms with E-state index in [1.807, 2.05) is 52.0 Å². The molecule has 0 spiro atoms. The van der Waals surface area contributed by atoms with Gasteiger partial charge in [-0.2, -0.15) is 9.78 Å². The molecule has 0 saturated carbocycles. The van der Waals surface area contributed by atoms with Gasteiger partial charge in [0.2, 0.25) is 0 Å². The molecule has 8 heteroatoms. The third-order valence-corrected chi connectivity index (χ3v) is 5.37. The van der Waals surface area contributed by atoms with Crippen LogP contribution < -0.4 is 15.0 Å². The lowest BCUT2D eigenvalue weighted by Gasteiger charge is -2.14. The number of benzene rings is 2. The van der Waals surface area contributed by atoms with Gasteiger partial charge in [-0.15, -0.1) is 0 Å². The van der Waals surface area contributed by atoms with Crippen molar-refractivity contribution >= 4 is 49.0 Å². The van der Waals surface area contributed by atoms with Crippen molar-refractivity contribution in [3.8, 4) is 11.5 Å². The molecule has 6 nitrogen and oxygen atoms in total. The Kier molecular flexibility index (Phi) is 7.31. The lowest BCUT2D eigenvalue weighted by molar-refractivity contribution is 0.286. The van der Waals surface area contributed by atoms with Crippen molar-refractivity contribution in [3.05, 3.63) is 61.0 Å². The number of rotatable bonds is 7. The maximum Gasteiger partial charge on any atom is 0.282 e. The molecule has 0 unspecified atom stereocenters. The molecule has 158 valence electrons. The van der Waals surface area contributed by atoms with E-state index in [0.717, 1.165) is 14.5 Å². The van der Waals surface area contributed by atoms with E-state index >= 15 is 0 Å². The van der Waals surface area contributed by atoms with Crippen LogP contribution in [0.5, 0.6) is 11.5 Å².